The Balaban J connectivity index is 1.29. The summed E-state index contributed by atoms with van der Waals surface area (Å²) >= 11 is 0. The van der Waals surface area contributed by atoms with Crippen molar-refractivity contribution < 1.29 is 18.8 Å². The van der Waals surface area contributed by atoms with E-state index in [9.17, 15) is 14.4 Å². The zero-order chi connectivity index (χ0) is 28.4. The number of nitrogens with zero attached hydrogens (tertiary/aromatic N) is 6. The molecule has 0 N–H and O–H groups in total. The van der Waals surface area contributed by atoms with Crippen molar-refractivity contribution in [3.8, 4) is 0 Å². The van der Waals surface area contributed by atoms with Gasteiger partial charge < -0.3 is 19.3 Å². The number of carbonyl (C=O) groups is 3. The lowest BCUT2D eigenvalue weighted by molar-refractivity contribution is -0.119. The molecule has 0 spiro atoms. The second-order valence-corrected chi connectivity index (χ2v) is 11.4. The van der Waals surface area contributed by atoms with Crippen molar-refractivity contribution >= 4 is 45.3 Å². The third kappa shape index (κ3) is 4.16. The first-order valence-corrected chi connectivity index (χ1v) is 14.0. The van der Waals surface area contributed by atoms with Gasteiger partial charge in [0.25, 0.3) is 0 Å². The maximum absolute atomic E-state index is 15.2. The minimum absolute atomic E-state index is 0.0280. The molecular formula is C31H31FN6O3. The monoisotopic (exact) mass is 554 g/mol. The van der Waals surface area contributed by atoms with Crippen LogP contribution in [0.3, 0.4) is 0 Å². The van der Waals surface area contributed by atoms with Crippen molar-refractivity contribution in [3.05, 3.63) is 71.6 Å². The molecule has 1 fully saturated rings. The van der Waals surface area contributed by atoms with Gasteiger partial charge in [-0.25, -0.2) is 14.2 Å². The molecule has 210 valence electrons. The summed E-state index contributed by atoms with van der Waals surface area (Å²) in [5, 5.41) is 0.575. The van der Waals surface area contributed by atoms with Crippen LogP contribution in [0.4, 0.5) is 9.18 Å². The van der Waals surface area contributed by atoms with Crippen molar-refractivity contribution in [2.45, 2.75) is 38.4 Å². The van der Waals surface area contributed by atoms with Gasteiger partial charge in [-0.05, 0) is 56.8 Å². The number of allylic oxidation sites excluding steroid dienone is 2. The molecule has 2 aliphatic heterocycles. The highest BCUT2D eigenvalue weighted by molar-refractivity contribution is 6.51. The van der Waals surface area contributed by atoms with Crippen molar-refractivity contribution in [2.24, 2.45) is 0 Å². The lowest BCUT2D eigenvalue weighted by Crippen LogP contribution is -2.49. The molecule has 2 amide bonds. The number of urea groups is 1. The molecule has 1 aromatic carbocycles. The molecule has 0 atom stereocenters. The molecule has 1 saturated heterocycles. The average molecular weight is 555 g/mol. The molecule has 0 saturated carbocycles. The summed E-state index contributed by atoms with van der Waals surface area (Å²) in [5.74, 6) is -0.993. The lowest BCUT2D eigenvalue weighted by Gasteiger charge is -2.37. The molecule has 1 aliphatic carbocycles. The number of benzene rings is 1. The second-order valence-electron chi connectivity index (χ2n) is 11.4. The van der Waals surface area contributed by atoms with E-state index in [0.29, 0.717) is 71.2 Å². The van der Waals surface area contributed by atoms with Crippen LogP contribution in [-0.2, 0) is 22.7 Å². The van der Waals surface area contributed by atoms with Crippen LogP contribution in [-0.4, -0.2) is 86.0 Å². The summed E-state index contributed by atoms with van der Waals surface area (Å²) in [7, 11) is 4.14. The van der Waals surface area contributed by atoms with Crippen molar-refractivity contribution in [1.82, 2.24) is 28.7 Å². The van der Waals surface area contributed by atoms with Crippen LogP contribution in [0.15, 0.2) is 48.9 Å². The Labute approximate surface area is 236 Å². The van der Waals surface area contributed by atoms with E-state index in [4.69, 9.17) is 0 Å². The van der Waals surface area contributed by atoms with Gasteiger partial charge in [-0.2, -0.15) is 0 Å². The number of imidazole rings is 1. The van der Waals surface area contributed by atoms with Crippen LogP contribution >= 0.6 is 0 Å². The van der Waals surface area contributed by atoms with E-state index < -0.39 is 5.82 Å². The first kappa shape index (κ1) is 25.6. The smallest absolute Gasteiger partial charge is 0.320 e. The van der Waals surface area contributed by atoms with Crippen LogP contribution in [0, 0.1) is 5.82 Å². The topological polar surface area (TPSA) is 83.2 Å². The number of piperidine rings is 1. The number of Topliss-reactive ketones (excluding diaryl/α,β-unsaturated/α-hetero) is 2. The van der Waals surface area contributed by atoms with Gasteiger partial charge in [0.1, 0.15) is 11.5 Å². The Kier molecular flexibility index (Phi) is 6.04. The van der Waals surface area contributed by atoms with E-state index in [1.807, 2.05) is 40.1 Å². The minimum Gasteiger partial charge on any atom is -0.345 e. The first-order valence-electron chi connectivity index (χ1n) is 14.0. The maximum atomic E-state index is 15.2. The number of hydrogen-bond donors (Lipinski definition) is 0. The summed E-state index contributed by atoms with van der Waals surface area (Å²) < 4.78 is 19.0. The highest BCUT2D eigenvalue weighted by Crippen LogP contribution is 2.41. The molecular weight excluding hydrogens is 523 g/mol. The number of aromatic nitrogens is 3. The number of carbonyl (C=O) groups excluding carboxylic acids is 3. The Morgan fingerprint density at radius 2 is 1.78 bits per heavy atom. The van der Waals surface area contributed by atoms with Gasteiger partial charge in [0.05, 0.1) is 29.4 Å². The van der Waals surface area contributed by atoms with Crippen LogP contribution in [0.5, 0.6) is 0 Å². The van der Waals surface area contributed by atoms with Crippen LogP contribution in [0.2, 0.25) is 0 Å². The highest BCUT2D eigenvalue weighted by Gasteiger charge is 2.37. The average Bonchev–Trinajstić information content (AvgIpc) is 3.58. The molecule has 5 heterocycles. The van der Waals surface area contributed by atoms with Crippen molar-refractivity contribution in [1.29, 1.82) is 0 Å². The highest BCUT2D eigenvalue weighted by atomic mass is 19.1. The van der Waals surface area contributed by atoms with Crippen molar-refractivity contribution in [3.63, 3.8) is 0 Å². The molecule has 3 aliphatic rings. The van der Waals surface area contributed by atoms with E-state index in [-0.39, 0.29) is 30.6 Å². The minimum atomic E-state index is -0.443. The molecule has 0 unspecified atom stereocenters. The number of rotatable bonds is 3. The fourth-order valence-electron chi connectivity index (χ4n) is 6.71. The van der Waals surface area contributed by atoms with Gasteiger partial charge in [0.2, 0.25) is 0 Å². The van der Waals surface area contributed by atoms with Gasteiger partial charge in [-0.3, -0.25) is 14.0 Å². The molecule has 41 heavy (non-hydrogen) atoms. The van der Waals surface area contributed by atoms with E-state index in [1.54, 1.807) is 15.5 Å². The van der Waals surface area contributed by atoms with Gasteiger partial charge in [-0.15, -0.1) is 0 Å². The van der Waals surface area contributed by atoms with E-state index in [1.165, 1.54) is 12.1 Å². The molecule has 0 radical (unpaired) electrons. The Morgan fingerprint density at radius 1 is 1.00 bits per heavy atom. The van der Waals surface area contributed by atoms with Gasteiger partial charge in [0, 0.05) is 67.7 Å². The van der Waals surface area contributed by atoms with Crippen LogP contribution in [0.25, 0.3) is 27.7 Å². The number of fused-ring (bicyclic) bond motifs is 1. The first-order chi connectivity index (χ1) is 19.8. The van der Waals surface area contributed by atoms with Gasteiger partial charge in [-0.1, -0.05) is 6.07 Å². The molecule has 0 bridgehead atoms. The third-order valence-corrected chi connectivity index (χ3v) is 8.80. The molecule has 7 rings (SSSR count). The summed E-state index contributed by atoms with van der Waals surface area (Å²) in [6.07, 6.45) is 6.89. The molecule has 10 heteroatoms. The fourth-order valence-corrected chi connectivity index (χ4v) is 6.71. The number of amides is 2. The number of halogens is 1. The van der Waals surface area contributed by atoms with E-state index >= 15 is 4.39 Å². The number of hydrogen-bond acceptors (Lipinski definition) is 5. The Bertz CT molecular complexity index is 1780. The van der Waals surface area contributed by atoms with E-state index in [2.05, 4.69) is 24.0 Å². The maximum Gasteiger partial charge on any atom is 0.320 e. The summed E-state index contributed by atoms with van der Waals surface area (Å²) in [6.45, 7) is 2.62. The number of pyridine rings is 1. The zero-order valence-electron chi connectivity index (χ0n) is 23.1. The van der Waals surface area contributed by atoms with Crippen LogP contribution < -0.4 is 0 Å². The predicted octanol–water partition coefficient (Wildman–Crippen LogP) is 3.84. The SMILES string of the molecule is CN(C)C1CCN(C(=O)N2CCn3cc(C4=C(c5cnc6ccccn56)C(=O)CC4=O)c4cc(F)cc(c43)C2)CC1. The summed E-state index contributed by atoms with van der Waals surface area (Å²) in [4.78, 5) is 50.4. The zero-order valence-corrected chi connectivity index (χ0v) is 23.1. The largest absolute Gasteiger partial charge is 0.345 e. The summed E-state index contributed by atoms with van der Waals surface area (Å²) in [5.41, 5.74) is 3.86. The van der Waals surface area contributed by atoms with Gasteiger partial charge in [0.15, 0.2) is 11.6 Å². The van der Waals surface area contributed by atoms with Crippen LogP contribution in [0.1, 0.15) is 36.1 Å². The number of likely N-dealkylation sites (tertiary alicyclic amines) is 1. The predicted molar refractivity (Wildman–Crippen MR) is 153 cm³/mol. The summed E-state index contributed by atoms with van der Waals surface area (Å²) in [6, 6.07) is 8.89. The Morgan fingerprint density at radius 3 is 2.56 bits per heavy atom. The lowest BCUT2D eigenvalue weighted by atomic mass is 9.98. The molecule has 3 aromatic heterocycles. The van der Waals surface area contributed by atoms with Crippen molar-refractivity contribution in [2.75, 3.05) is 33.7 Å². The Hall–Kier alpha value is -4.31. The number of ketones is 2. The molecule has 9 nitrogen and oxygen atoms in total. The third-order valence-electron chi connectivity index (χ3n) is 8.80. The quantitative estimate of drug-likeness (QED) is 0.360. The second kappa shape index (κ2) is 9.66. The molecule has 4 aromatic rings. The normalized spacial score (nSPS) is 18.4. The van der Waals surface area contributed by atoms with Gasteiger partial charge >= 0.3 is 6.03 Å². The van der Waals surface area contributed by atoms with E-state index in [0.717, 1.165) is 18.4 Å². The fraction of sp³-hybridized carbons (Fsp3) is 0.355. The standard InChI is InChI=1S/C31H31FN6O3/c1-34(2)21-6-9-35(10-7-21)31(41)37-12-11-36-18-23(22-14-20(32)13-19(17-37)30(22)36)28-25(39)15-26(40)29(28)24-16-33-27-5-3-4-8-38(24)27/h3-5,8,13-14,16,18,21H,6-7,9-12,15,17H2,1-2H3.